The van der Waals surface area contributed by atoms with E-state index < -0.39 is 4.92 Å². The van der Waals surface area contributed by atoms with Crippen molar-refractivity contribution in [2.45, 2.75) is 32.6 Å². The topological polar surface area (TPSA) is 105 Å². The largest absolute Gasteiger partial charge is 0.506 e. The predicted molar refractivity (Wildman–Crippen MR) is 91.8 cm³/mol. The van der Waals surface area contributed by atoms with E-state index in [-0.39, 0.29) is 38.7 Å². The van der Waals surface area contributed by atoms with Gasteiger partial charge in [-0.3, -0.25) is 14.9 Å². The van der Waals surface area contributed by atoms with Gasteiger partial charge >= 0.3 is 0 Å². The van der Waals surface area contributed by atoms with Crippen molar-refractivity contribution in [1.29, 1.82) is 0 Å². The minimum Gasteiger partial charge on any atom is -0.506 e. The van der Waals surface area contributed by atoms with Crippen molar-refractivity contribution in [1.82, 2.24) is 5.43 Å². The Balaban J connectivity index is 1.69. The molecule has 0 heterocycles. The van der Waals surface area contributed by atoms with Crippen LogP contribution >= 0.6 is 15.9 Å². The number of halogens is 1. The highest BCUT2D eigenvalue weighted by molar-refractivity contribution is 9.10. The minimum atomic E-state index is -0.560. The zero-order valence-electron chi connectivity index (χ0n) is 13.2. The highest BCUT2D eigenvalue weighted by atomic mass is 79.9. The molecular formula is C16H18BrN3O4. The summed E-state index contributed by atoms with van der Waals surface area (Å²) in [5.41, 5.74) is 2.59. The lowest BCUT2D eigenvalue weighted by Crippen LogP contribution is -2.22. The van der Waals surface area contributed by atoms with Crippen LogP contribution in [0.3, 0.4) is 0 Å². The number of non-ortho nitro benzene ring substituents is 1. The predicted octanol–water partition coefficient (Wildman–Crippen LogP) is 3.34. The monoisotopic (exact) mass is 395 g/mol. The molecule has 2 aliphatic carbocycles. The first kappa shape index (κ1) is 16.9. The molecule has 0 aromatic heterocycles. The molecule has 2 fully saturated rings. The first-order chi connectivity index (χ1) is 11.3. The fraction of sp³-hybridized carbons (Fsp3) is 0.500. The van der Waals surface area contributed by atoms with Crippen LogP contribution in [0.2, 0.25) is 0 Å². The number of hydrogen-bond donors (Lipinski definition) is 2. The molecule has 0 spiro atoms. The Morgan fingerprint density at radius 3 is 2.92 bits per heavy atom. The second-order valence-electron chi connectivity index (χ2n) is 6.69. The van der Waals surface area contributed by atoms with Crippen molar-refractivity contribution in [3.63, 3.8) is 0 Å². The maximum atomic E-state index is 12.3. The lowest BCUT2D eigenvalue weighted by molar-refractivity contribution is -0.385. The van der Waals surface area contributed by atoms with Crippen LogP contribution in [0.1, 0.15) is 38.2 Å². The highest BCUT2D eigenvalue weighted by Gasteiger charge is 2.64. The van der Waals surface area contributed by atoms with E-state index >= 15 is 0 Å². The number of fused-ring (bicyclic) bond motifs is 1. The van der Waals surface area contributed by atoms with E-state index in [2.05, 4.69) is 33.4 Å². The summed E-state index contributed by atoms with van der Waals surface area (Å²) in [5, 5.41) is 24.7. The van der Waals surface area contributed by atoms with Gasteiger partial charge in [-0.1, -0.05) is 19.8 Å². The number of carbonyl (C=O) groups is 1. The molecule has 0 radical (unpaired) electrons. The van der Waals surface area contributed by atoms with Gasteiger partial charge in [0.15, 0.2) is 0 Å². The van der Waals surface area contributed by atoms with Crippen LogP contribution < -0.4 is 5.43 Å². The average molecular weight is 396 g/mol. The summed E-state index contributed by atoms with van der Waals surface area (Å²) < 4.78 is 0.199. The Labute approximate surface area is 147 Å². The number of phenolic OH excluding ortho intramolecular Hbond substituents is 1. The third kappa shape index (κ3) is 2.90. The Hall–Kier alpha value is -1.96. The molecule has 7 nitrogen and oxygen atoms in total. The Kier molecular flexibility index (Phi) is 4.33. The van der Waals surface area contributed by atoms with E-state index in [1.54, 1.807) is 0 Å². The van der Waals surface area contributed by atoms with Crippen LogP contribution in [0.4, 0.5) is 5.69 Å². The number of rotatable bonds is 4. The van der Waals surface area contributed by atoms with Crippen molar-refractivity contribution >= 4 is 33.7 Å². The molecule has 8 heteroatoms. The van der Waals surface area contributed by atoms with E-state index in [4.69, 9.17) is 0 Å². The van der Waals surface area contributed by atoms with Crippen LogP contribution in [0.15, 0.2) is 21.7 Å². The van der Waals surface area contributed by atoms with Gasteiger partial charge in [-0.15, -0.1) is 0 Å². The quantitative estimate of drug-likeness (QED) is 0.463. The van der Waals surface area contributed by atoms with E-state index in [1.807, 2.05) is 0 Å². The summed E-state index contributed by atoms with van der Waals surface area (Å²) in [6.45, 7) is 2.15. The molecule has 0 bridgehead atoms. The smallest absolute Gasteiger partial charge is 0.271 e. The number of amides is 1. The standard InChI is InChI=1S/C16H18BrN3O4/c1-16-5-3-2-4-11(16)13(16)15(22)19-18-8-9-6-10(20(23)24)7-12(17)14(9)21/h6-8,11,13,21H,2-5H2,1H3,(H,19,22)/b18-8-/t11-,13+,16-/m0/s1. The maximum absolute atomic E-state index is 12.3. The number of hydrogen-bond acceptors (Lipinski definition) is 5. The number of nitro groups is 1. The first-order valence-corrected chi connectivity index (χ1v) is 8.63. The van der Waals surface area contributed by atoms with Gasteiger partial charge in [-0.05, 0) is 40.1 Å². The Morgan fingerprint density at radius 2 is 2.29 bits per heavy atom. The third-order valence-corrected chi connectivity index (χ3v) is 5.89. The summed E-state index contributed by atoms with van der Waals surface area (Å²) >= 11 is 3.06. The van der Waals surface area contributed by atoms with Gasteiger partial charge in [0, 0.05) is 23.6 Å². The second-order valence-corrected chi connectivity index (χ2v) is 7.55. The molecule has 0 unspecified atom stereocenters. The van der Waals surface area contributed by atoms with Crippen LogP contribution in [0.25, 0.3) is 0 Å². The average Bonchev–Trinajstić information content (AvgIpc) is 3.16. The number of nitrogens with zero attached hydrogens (tertiary/aromatic N) is 2. The molecule has 0 aliphatic heterocycles. The first-order valence-electron chi connectivity index (χ1n) is 7.84. The highest BCUT2D eigenvalue weighted by Crippen LogP contribution is 2.66. The third-order valence-electron chi connectivity index (χ3n) is 5.28. The zero-order chi connectivity index (χ0) is 17.5. The van der Waals surface area contributed by atoms with E-state index in [0.717, 1.165) is 19.3 Å². The summed E-state index contributed by atoms with van der Waals surface area (Å²) in [6.07, 6.45) is 5.70. The fourth-order valence-electron chi connectivity index (χ4n) is 3.89. The molecule has 128 valence electrons. The molecule has 2 aliphatic rings. The summed E-state index contributed by atoms with van der Waals surface area (Å²) in [4.78, 5) is 22.6. The Morgan fingerprint density at radius 1 is 1.54 bits per heavy atom. The molecule has 3 rings (SSSR count). The number of carbonyl (C=O) groups excluding carboxylic acids is 1. The van der Waals surface area contributed by atoms with Gasteiger partial charge < -0.3 is 5.11 Å². The number of aromatic hydroxyl groups is 1. The second kappa shape index (κ2) is 6.16. The molecule has 1 amide bonds. The normalized spacial score (nSPS) is 28.4. The molecule has 1 aromatic carbocycles. The van der Waals surface area contributed by atoms with Crippen LogP contribution in [0.5, 0.6) is 5.75 Å². The number of hydrazone groups is 1. The van der Waals surface area contributed by atoms with E-state index in [9.17, 15) is 20.0 Å². The molecule has 24 heavy (non-hydrogen) atoms. The minimum absolute atomic E-state index is 0.0115. The van der Waals surface area contributed by atoms with Gasteiger partial charge in [0.2, 0.25) is 5.91 Å². The van der Waals surface area contributed by atoms with E-state index in [0.29, 0.717) is 5.92 Å². The van der Waals surface area contributed by atoms with Crippen LogP contribution in [-0.2, 0) is 4.79 Å². The lowest BCUT2D eigenvalue weighted by atomic mass is 9.90. The van der Waals surface area contributed by atoms with E-state index in [1.165, 1.54) is 24.8 Å². The van der Waals surface area contributed by atoms with Crippen molar-refractivity contribution in [3.8, 4) is 5.75 Å². The lowest BCUT2D eigenvalue weighted by Gasteiger charge is -2.15. The van der Waals surface area contributed by atoms with Gasteiger partial charge in [0.25, 0.3) is 5.69 Å². The molecule has 3 atom stereocenters. The maximum Gasteiger partial charge on any atom is 0.271 e. The van der Waals surface area contributed by atoms with Gasteiger partial charge in [0.05, 0.1) is 15.6 Å². The number of nitro benzene ring substituents is 1. The fourth-order valence-corrected chi connectivity index (χ4v) is 4.36. The van der Waals surface area contributed by atoms with Crippen LogP contribution in [0, 0.1) is 27.4 Å². The van der Waals surface area contributed by atoms with Crippen molar-refractivity contribution in [3.05, 3.63) is 32.3 Å². The SMILES string of the molecule is C[C@]12CCCC[C@H]1[C@@H]2C(=O)N/N=C\c1cc([N+](=O)[O-])cc(Br)c1O. The summed E-state index contributed by atoms with van der Waals surface area (Å²) in [6, 6.07) is 2.41. The molecule has 2 N–H and O–H groups in total. The number of phenols is 1. The zero-order valence-corrected chi connectivity index (χ0v) is 14.7. The summed E-state index contributed by atoms with van der Waals surface area (Å²) in [5.74, 6) is 0.139. The number of benzene rings is 1. The molecule has 2 saturated carbocycles. The van der Waals surface area contributed by atoms with Gasteiger partial charge in [-0.25, -0.2) is 5.43 Å². The molecule has 0 saturated heterocycles. The summed E-state index contributed by atoms with van der Waals surface area (Å²) in [7, 11) is 0. The molecular weight excluding hydrogens is 378 g/mol. The van der Waals surface area contributed by atoms with Crippen molar-refractivity contribution < 1.29 is 14.8 Å². The van der Waals surface area contributed by atoms with Gasteiger partial charge in [0.1, 0.15) is 5.75 Å². The van der Waals surface area contributed by atoms with Crippen LogP contribution in [-0.4, -0.2) is 22.2 Å². The Bertz CT molecular complexity index is 736. The van der Waals surface area contributed by atoms with Gasteiger partial charge in [-0.2, -0.15) is 5.10 Å². The van der Waals surface area contributed by atoms with Crippen molar-refractivity contribution in [2.24, 2.45) is 22.4 Å². The number of nitrogens with one attached hydrogen (secondary N) is 1. The molecule has 1 aromatic rings. The van der Waals surface area contributed by atoms with Crippen molar-refractivity contribution in [2.75, 3.05) is 0 Å².